The van der Waals surface area contributed by atoms with E-state index in [0.29, 0.717) is 29.1 Å². The van der Waals surface area contributed by atoms with Crippen molar-refractivity contribution in [1.82, 2.24) is 20.5 Å². The summed E-state index contributed by atoms with van der Waals surface area (Å²) in [5.74, 6) is 2.52. The Morgan fingerprint density at radius 1 is 1.09 bits per heavy atom. The molecule has 1 aliphatic heterocycles. The Bertz CT molecular complexity index is 1230. The fourth-order valence-electron chi connectivity index (χ4n) is 4.28. The van der Waals surface area contributed by atoms with Crippen molar-refractivity contribution in [2.45, 2.75) is 44.6 Å². The number of aromatic nitrogens is 3. The van der Waals surface area contributed by atoms with Crippen LogP contribution < -0.4 is 15.4 Å². The average molecular weight is 483 g/mol. The predicted octanol–water partition coefficient (Wildman–Crippen LogP) is 3.92. The summed E-state index contributed by atoms with van der Waals surface area (Å²) >= 11 is 0. The molecule has 34 heavy (non-hydrogen) atoms. The fourth-order valence-corrected chi connectivity index (χ4v) is 4.85. The highest BCUT2D eigenvalue weighted by atomic mass is 32.2. The van der Waals surface area contributed by atoms with Crippen molar-refractivity contribution >= 4 is 21.7 Å². The Hall–Kier alpha value is -2.98. The molecule has 2 atom stereocenters. The van der Waals surface area contributed by atoms with Crippen LogP contribution in [-0.4, -0.2) is 42.4 Å². The van der Waals surface area contributed by atoms with E-state index < -0.39 is 10.0 Å². The van der Waals surface area contributed by atoms with Gasteiger partial charge in [-0.05, 0) is 62.8 Å². The highest BCUT2D eigenvalue weighted by molar-refractivity contribution is 7.92. The Kier molecular flexibility index (Phi) is 6.51. The number of nitrogens with one attached hydrogen (secondary N) is 3. The Morgan fingerprint density at radius 2 is 1.88 bits per heavy atom. The molecule has 2 fully saturated rings. The molecule has 1 saturated heterocycles. The van der Waals surface area contributed by atoms with E-state index in [2.05, 4.69) is 42.7 Å². The van der Waals surface area contributed by atoms with E-state index in [-0.39, 0.29) is 23.5 Å². The van der Waals surface area contributed by atoms with Gasteiger partial charge in [-0.2, -0.15) is 0 Å². The Morgan fingerprint density at radius 3 is 2.65 bits per heavy atom. The van der Waals surface area contributed by atoms with Gasteiger partial charge in [-0.3, -0.25) is 4.72 Å². The number of nitrogens with zero attached hydrogens (tertiary/aromatic N) is 3. The predicted molar refractivity (Wildman–Crippen MR) is 131 cm³/mol. The van der Waals surface area contributed by atoms with Crippen LogP contribution in [0.25, 0.3) is 11.5 Å². The first-order chi connectivity index (χ1) is 16.5. The second kappa shape index (κ2) is 9.71. The minimum atomic E-state index is -3.47. The summed E-state index contributed by atoms with van der Waals surface area (Å²) < 4.78 is 33.0. The highest BCUT2D eigenvalue weighted by Crippen LogP contribution is 2.38. The standard InChI is InChI=1S/C24H30N6O3S/c1-2-34(31,32)30-21-14-18(13-20(27-21)26-15-16-10-11-16)23-28-29-24(33-23)22-19(9-6-12-25-22)17-7-4-3-5-8-17/h3-5,7-8,13-14,16,19,22,25H,2,6,9-12,15H2,1H3,(H2,26,27,30). The van der Waals surface area contributed by atoms with Gasteiger partial charge in [-0.25, -0.2) is 13.4 Å². The molecule has 10 heteroatoms. The SMILES string of the molecule is CCS(=O)(=O)Nc1cc(-c2nnc(C3NCCCC3c3ccccc3)o2)cc(NCC2CC2)n1. The lowest BCUT2D eigenvalue weighted by Crippen LogP contribution is -2.33. The van der Waals surface area contributed by atoms with Gasteiger partial charge in [0.05, 0.1) is 11.8 Å². The molecule has 1 saturated carbocycles. The van der Waals surface area contributed by atoms with Crippen LogP contribution in [0.15, 0.2) is 46.9 Å². The number of hydrogen-bond acceptors (Lipinski definition) is 8. The molecule has 3 heterocycles. The van der Waals surface area contributed by atoms with E-state index in [1.807, 2.05) is 24.3 Å². The van der Waals surface area contributed by atoms with Gasteiger partial charge < -0.3 is 15.1 Å². The molecule has 2 aliphatic rings. The normalized spacial score (nSPS) is 20.7. The average Bonchev–Trinajstić information content (AvgIpc) is 3.56. The smallest absolute Gasteiger partial charge is 0.248 e. The maximum atomic E-state index is 12.2. The quantitative estimate of drug-likeness (QED) is 0.419. The summed E-state index contributed by atoms with van der Waals surface area (Å²) in [5, 5.41) is 15.5. The van der Waals surface area contributed by atoms with Crippen LogP contribution in [0.1, 0.15) is 56.0 Å². The van der Waals surface area contributed by atoms with Crippen LogP contribution in [-0.2, 0) is 10.0 Å². The number of rotatable bonds is 9. The summed E-state index contributed by atoms with van der Waals surface area (Å²) in [7, 11) is -3.47. The van der Waals surface area contributed by atoms with E-state index in [1.54, 1.807) is 13.0 Å². The molecule has 2 aromatic heterocycles. The van der Waals surface area contributed by atoms with Gasteiger partial charge in [0.2, 0.25) is 21.8 Å². The summed E-state index contributed by atoms with van der Waals surface area (Å²) in [5.41, 5.74) is 1.86. The van der Waals surface area contributed by atoms with Gasteiger partial charge in [0.1, 0.15) is 11.6 Å². The van der Waals surface area contributed by atoms with E-state index in [4.69, 9.17) is 4.42 Å². The third-order valence-electron chi connectivity index (χ3n) is 6.37. The lowest BCUT2D eigenvalue weighted by molar-refractivity contribution is 0.303. The number of anilines is 2. The number of pyridine rings is 1. The molecule has 0 amide bonds. The van der Waals surface area contributed by atoms with Crippen molar-refractivity contribution in [3.63, 3.8) is 0 Å². The molecule has 2 unspecified atom stereocenters. The second-order valence-corrected chi connectivity index (χ2v) is 11.0. The monoisotopic (exact) mass is 482 g/mol. The zero-order chi connectivity index (χ0) is 23.5. The lowest BCUT2D eigenvalue weighted by atomic mass is 9.85. The van der Waals surface area contributed by atoms with Gasteiger partial charge in [0.15, 0.2) is 0 Å². The van der Waals surface area contributed by atoms with Crippen molar-refractivity contribution < 1.29 is 12.8 Å². The van der Waals surface area contributed by atoms with Crippen molar-refractivity contribution in [3.05, 3.63) is 53.9 Å². The lowest BCUT2D eigenvalue weighted by Gasteiger charge is -2.30. The van der Waals surface area contributed by atoms with E-state index in [0.717, 1.165) is 25.9 Å². The van der Waals surface area contributed by atoms with Crippen LogP contribution >= 0.6 is 0 Å². The van der Waals surface area contributed by atoms with Crippen LogP contribution in [0.4, 0.5) is 11.6 Å². The zero-order valence-electron chi connectivity index (χ0n) is 19.2. The molecule has 0 spiro atoms. The molecule has 3 N–H and O–H groups in total. The summed E-state index contributed by atoms with van der Waals surface area (Å²) in [6.07, 6.45) is 4.52. The van der Waals surface area contributed by atoms with Crippen molar-refractivity contribution in [1.29, 1.82) is 0 Å². The fraction of sp³-hybridized carbons (Fsp3) is 0.458. The highest BCUT2D eigenvalue weighted by Gasteiger charge is 2.32. The zero-order valence-corrected chi connectivity index (χ0v) is 20.0. The molecule has 180 valence electrons. The maximum Gasteiger partial charge on any atom is 0.248 e. The largest absolute Gasteiger partial charge is 0.419 e. The molecule has 1 aliphatic carbocycles. The van der Waals surface area contributed by atoms with Crippen molar-refractivity contribution in [2.24, 2.45) is 5.92 Å². The van der Waals surface area contributed by atoms with E-state index >= 15 is 0 Å². The first kappa shape index (κ1) is 22.8. The number of benzene rings is 1. The molecular formula is C24H30N6O3S. The summed E-state index contributed by atoms with van der Waals surface area (Å²) in [6, 6.07) is 13.8. The molecule has 0 radical (unpaired) electrons. The maximum absolute atomic E-state index is 12.2. The summed E-state index contributed by atoms with van der Waals surface area (Å²) in [6.45, 7) is 3.28. The first-order valence-corrected chi connectivity index (χ1v) is 13.5. The van der Waals surface area contributed by atoms with Gasteiger partial charge in [-0.1, -0.05) is 30.3 Å². The number of hydrogen-bond donors (Lipinski definition) is 3. The van der Waals surface area contributed by atoms with Crippen molar-refractivity contribution in [2.75, 3.05) is 28.9 Å². The van der Waals surface area contributed by atoms with Gasteiger partial charge in [-0.15, -0.1) is 10.2 Å². The van der Waals surface area contributed by atoms with E-state index in [9.17, 15) is 8.42 Å². The second-order valence-electron chi connectivity index (χ2n) is 8.99. The number of sulfonamides is 1. The van der Waals surface area contributed by atoms with Crippen LogP contribution in [0, 0.1) is 5.92 Å². The Balaban J connectivity index is 1.44. The Labute approximate surface area is 199 Å². The molecule has 0 bridgehead atoms. The third kappa shape index (κ3) is 5.39. The molecule has 5 rings (SSSR count). The minimum Gasteiger partial charge on any atom is -0.419 e. The number of piperidine rings is 1. The van der Waals surface area contributed by atoms with Crippen molar-refractivity contribution in [3.8, 4) is 11.5 Å². The van der Waals surface area contributed by atoms with Gasteiger partial charge >= 0.3 is 0 Å². The topological polar surface area (TPSA) is 122 Å². The van der Waals surface area contributed by atoms with Crippen LogP contribution in [0.3, 0.4) is 0 Å². The van der Waals surface area contributed by atoms with E-state index in [1.165, 1.54) is 18.4 Å². The molecule has 3 aromatic rings. The molecule has 1 aromatic carbocycles. The molecule has 9 nitrogen and oxygen atoms in total. The van der Waals surface area contributed by atoms with Crippen LogP contribution in [0.2, 0.25) is 0 Å². The minimum absolute atomic E-state index is 0.0390. The van der Waals surface area contributed by atoms with Crippen LogP contribution in [0.5, 0.6) is 0 Å². The summed E-state index contributed by atoms with van der Waals surface area (Å²) in [4.78, 5) is 4.44. The van der Waals surface area contributed by atoms with Gasteiger partial charge in [0.25, 0.3) is 0 Å². The third-order valence-corrected chi connectivity index (χ3v) is 7.65. The first-order valence-electron chi connectivity index (χ1n) is 11.9. The van der Waals surface area contributed by atoms with Gasteiger partial charge in [0, 0.05) is 18.0 Å². The molecular weight excluding hydrogens is 452 g/mol.